The molecule has 0 heterocycles. The Bertz CT molecular complexity index is 70.7. The van der Waals surface area contributed by atoms with Gasteiger partial charge in [-0.1, -0.05) is 0 Å². The number of aliphatic hydroxyl groups excluding tert-OH is 1. The van der Waals surface area contributed by atoms with Crippen molar-refractivity contribution in [2.24, 2.45) is 0 Å². The molecule has 0 bridgehead atoms. The van der Waals surface area contributed by atoms with Crippen molar-refractivity contribution in [1.29, 1.82) is 0 Å². The van der Waals surface area contributed by atoms with Crippen molar-refractivity contribution in [3.05, 3.63) is 0 Å². The molecule has 0 aromatic carbocycles. The van der Waals surface area contributed by atoms with Gasteiger partial charge < -0.3 is 14.6 Å². The minimum absolute atomic E-state index is 0.0756. The van der Waals surface area contributed by atoms with Crippen molar-refractivity contribution >= 4 is 11.6 Å². The van der Waals surface area contributed by atoms with Crippen molar-refractivity contribution in [2.75, 3.05) is 38.9 Å². The molecule has 0 saturated heterocycles. The van der Waals surface area contributed by atoms with E-state index >= 15 is 0 Å². The highest BCUT2D eigenvalue weighted by molar-refractivity contribution is 6.17. The Morgan fingerprint density at radius 1 is 0.917 bits per heavy atom. The van der Waals surface area contributed by atoms with Crippen LogP contribution in [0.2, 0.25) is 0 Å². The van der Waals surface area contributed by atoms with Crippen LogP contribution >= 0.6 is 11.6 Å². The monoisotopic (exact) mass is 196 g/mol. The smallest absolute Gasteiger partial charge is 0.0701 e. The van der Waals surface area contributed by atoms with Gasteiger partial charge in [0.05, 0.1) is 26.4 Å². The molecule has 4 heteroatoms. The summed E-state index contributed by atoms with van der Waals surface area (Å²) in [4.78, 5) is 0. The number of hydrogen-bond acceptors (Lipinski definition) is 3. The minimum Gasteiger partial charge on any atom is -0.394 e. The molecule has 0 spiro atoms. The van der Waals surface area contributed by atoms with Crippen LogP contribution < -0.4 is 0 Å². The van der Waals surface area contributed by atoms with Gasteiger partial charge in [-0.2, -0.15) is 0 Å². The van der Waals surface area contributed by atoms with Crippen molar-refractivity contribution < 1.29 is 14.6 Å². The molecule has 0 aliphatic heterocycles. The van der Waals surface area contributed by atoms with Crippen LogP contribution in [0, 0.1) is 0 Å². The van der Waals surface area contributed by atoms with Crippen molar-refractivity contribution in [1.82, 2.24) is 0 Å². The molecule has 74 valence electrons. The van der Waals surface area contributed by atoms with E-state index < -0.39 is 0 Å². The van der Waals surface area contributed by atoms with E-state index in [1.54, 1.807) is 0 Å². The lowest BCUT2D eigenvalue weighted by atomic mass is 10.4. The first-order valence-corrected chi connectivity index (χ1v) is 4.77. The molecule has 0 aliphatic rings. The van der Waals surface area contributed by atoms with E-state index in [1.165, 1.54) is 0 Å². The Balaban J connectivity index is 2.73. The van der Waals surface area contributed by atoms with Crippen LogP contribution in [0.5, 0.6) is 0 Å². The van der Waals surface area contributed by atoms with Gasteiger partial charge in [0.15, 0.2) is 0 Å². The molecule has 0 fully saturated rings. The third kappa shape index (κ3) is 10.2. The summed E-state index contributed by atoms with van der Waals surface area (Å²) in [6, 6.07) is 0. The zero-order chi connectivity index (χ0) is 9.07. The number of halogens is 1. The molecule has 0 aromatic rings. The Morgan fingerprint density at radius 3 is 2.17 bits per heavy atom. The number of unbranched alkanes of at least 4 members (excludes halogenated alkanes) is 1. The van der Waals surface area contributed by atoms with Crippen LogP contribution in [-0.4, -0.2) is 44.0 Å². The van der Waals surface area contributed by atoms with E-state index in [1.807, 2.05) is 0 Å². The maximum absolute atomic E-state index is 8.36. The summed E-state index contributed by atoms with van der Waals surface area (Å²) in [6.07, 6.45) is 2.00. The highest BCUT2D eigenvalue weighted by atomic mass is 35.5. The number of hydrogen-bond donors (Lipinski definition) is 1. The molecular formula is C8H17ClO3. The van der Waals surface area contributed by atoms with E-state index in [0.29, 0.717) is 25.7 Å². The third-order valence-electron chi connectivity index (χ3n) is 1.28. The second-order valence-corrected chi connectivity index (χ2v) is 2.72. The average molecular weight is 197 g/mol. The van der Waals surface area contributed by atoms with Gasteiger partial charge >= 0.3 is 0 Å². The van der Waals surface area contributed by atoms with Crippen LogP contribution in [0.15, 0.2) is 0 Å². The Morgan fingerprint density at radius 2 is 1.58 bits per heavy atom. The lowest BCUT2D eigenvalue weighted by Crippen LogP contribution is -2.07. The van der Waals surface area contributed by atoms with Gasteiger partial charge in [0.25, 0.3) is 0 Å². The zero-order valence-corrected chi connectivity index (χ0v) is 8.05. The molecule has 3 nitrogen and oxygen atoms in total. The average Bonchev–Trinajstić information content (AvgIpc) is 2.10. The van der Waals surface area contributed by atoms with E-state index in [4.69, 9.17) is 26.2 Å². The summed E-state index contributed by atoms with van der Waals surface area (Å²) in [5, 5.41) is 8.36. The van der Waals surface area contributed by atoms with Gasteiger partial charge in [0, 0.05) is 12.5 Å². The van der Waals surface area contributed by atoms with Gasteiger partial charge in [0.2, 0.25) is 0 Å². The first-order valence-electron chi connectivity index (χ1n) is 4.24. The number of alkyl halides is 1. The van der Waals surface area contributed by atoms with Gasteiger partial charge in [0.1, 0.15) is 0 Å². The van der Waals surface area contributed by atoms with Crippen LogP contribution in [0.3, 0.4) is 0 Å². The van der Waals surface area contributed by atoms with Crippen LogP contribution in [0.25, 0.3) is 0 Å². The Labute approximate surface area is 78.6 Å². The fourth-order valence-corrected chi connectivity index (χ4v) is 0.874. The summed E-state index contributed by atoms with van der Waals surface area (Å²) < 4.78 is 10.2. The molecule has 0 unspecified atom stereocenters. The fraction of sp³-hybridized carbons (Fsp3) is 1.00. The fourth-order valence-electron chi connectivity index (χ4n) is 0.685. The quantitative estimate of drug-likeness (QED) is 0.442. The molecular weight excluding hydrogens is 180 g/mol. The summed E-state index contributed by atoms with van der Waals surface area (Å²) in [6.45, 7) is 2.37. The van der Waals surface area contributed by atoms with Crippen LogP contribution in [0.1, 0.15) is 12.8 Å². The molecule has 0 atom stereocenters. The first kappa shape index (κ1) is 12.2. The summed E-state index contributed by atoms with van der Waals surface area (Å²) in [5.74, 6) is 0.699. The van der Waals surface area contributed by atoms with Crippen LogP contribution in [0.4, 0.5) is 0 Å². The normalized spacial score (nSPS) is 10.5. The Kier molecular flexibility index (Phi) is 11.3. The highest BCUT2D eigenvalue weighted by Gasteiger charge is 1.89. The Hall–Kier alpha value is 0.170. The first-order chi connectivity index (χ1) is 5.91. The van der Waals surface area contributed by atoms with E-state index in [2.05, 4.69) is 0 Å². The zero-order valence-electron chi connectivity index (χ0n) is 7.30. The molecule has 0 aliphatic carbocycles. The van der Waals surface area contributed by atoms with Crippen molar-refractivity contribution in [2.45, 2.75) is 12.8 Å². The minimum atomic E-state index is 0.0756. The summed E-state index contributed by atoms with van der Waals surface area (Å²) >= 11 is 5.47. The van der Waals surface area contributed by atoms with Gasteiger partial charge in [-0.3, -0.25) is 0 Å². The molecule has 0 saturated carbocycles. The lowest BCUT2D eigenvalue weighted by molar-refractivity contribution is 0.0324. The summed E-state index contributed by atoms with van der Waals surface area (Å²) in [5.41, 5.74) is 0. The molecule has 1 N–H and O–H groups in total. The topological polar surface area (TPSA) is 38.7 Å². The number of aliphatic hydroxyl groups is 1. The molecule has 0 aromatic heterocycles. The SMILES string of the molecule is OCCOCCOCCCCCl. The second kappa shape index (κ2) is 11.2. The van der Waals surface area contributed by atoms with Crippen LogP contribution in [-0.2, 0) is 9.47 Å². The number of rotatable bonds is 9. The molecule has 12 heavy (non-hydrogen) atoms. The highest BCUT2D eigenvalue weighted by Crippen LogP contribution is 1.92. The van der Waals surface area contributed by atoms with Crippen molar-refractivity contribution in [3.8, 4) is 0 Å². The maximum Gasteiger partial charge on any atom is 0.0701 e. The van der Waals surface area contributed by atoms with Gasteiger partial charge in [-0.25, -0.2) is 0 Å². The van der Waals surface area contributed by atoms with Crippen molar-refractivity contribution in [3.63, 3.8) is 0 Å². The molecule has 0 amide bonds. The van der Waals surface area contributed by atoms with E-state index in [-0.39, 0.29) is 6.61 Å². The predicted octanol–water partition coefficient (Wildman–Crippen LogP) is 1.03. The largest absolute Gasteiger partial charge is 0.394 e. The summed E-state index contributed by atoms with van der Waals surface area (Å²) in [7, 11) is 0. The molecule has 0 radical (unpaired) electrons. The maximum atomic E-state index is 8.36. The number of ether oxygens (including phenoxy) is 2. The molecule has 0 rings (SSSR count). The van der Waals surface area contributed by atoms with Gasteiger partial charge in [-0.15, -0.1) is 11.6 Å². The lowest BCUT2D eigenvalue weighted by Gasteiger charge is -2.03. The van der Waals surface area contributed by atoms with Gasteiger partial charge in [-0.05, 0) is 12.8 Å². The van der Waals surface area contributed by atoms with E-state index in [9.17, 15) is 0 Å². The standard InChI is InChI=1S/C8H17ClO3/c9-3-1-2-5-11-7-8-12-6-4-10/h10H,1-8H2. The second-order valence-electron chi connectivity index (χ2n) is 2.34. The third-order valence-corrected chi connectivity index (χ3v) is 1.55. The predicted molar refractivity (Wildman–Crippen MR) is 48.7 cm³/mol. The van der Waals surface area contributed by atoms with E-state index in [0.717, 1.165) is 19.4 Å².